The van der Waals surface area contributed by atoms with E-state index in [2.05, 4.69) is 12.1 Å². The lowest BCUT2D eigenvalue weighted by Gasteiger charge is -2.24. The minimum absolute atomic E-state index is 0.0534. The lowest BCUT2D eigenvalue weighted by Crippen LogP contribution is -2.32. The number of carbonyl (C=O) groups excluding carboxylic acids is 1. The topological polar surface area (TPSA) is 76.1 Å². The maximum absolute atomic E-state index is 13.6. The Morgan fingerprint density at radius 3 is 2.09 bits per heavy atom. The van der Waals surface area contributed by atoms with Crippen molar-refractivity contribution in [3.8, 4) is 11.5 Å². The molecule has 0 saturated heterocycles. The molecular formula is C28H31NO5. The number of carboxylic acid groups (broad SMARTS) is 1. The number of aryl methyl sites for hydroxylation is 1. The molecule has 0 heterocycles. The quantitative estimate of drug-likeness (QED) is 0.439. The van der Waals surface area contributed by atoms with Crippen LogP contribution in [-0.4, -0.2) is 42.6 Å². The van der Waals surface area contributed by atoms with Crippen LogP contribution in [0.3, 0.4) is 0 Å². The minimum Gasteiger partial charge on any atom is -0.496 e. The number of amides is 1. The summed E-state index contributed by atoms with van der Waals surface area (Å²) >= 11 is 0. The first-order valence-electron chi connectivity index (χ1n) is 11.3. The zero-order valence-electron chi connectivity index (χ0n) is 19.9. The predicted octanol–water partition coefficient (Wildman–Crippen LogP) is 4.91. The molecule has 0 bridgehead atoms. The number of methoxy groups -OCH3 is 2. The van der Waals surface area contributed by atoms with Gasteiger partial charge in [0.2, 0.25) is 0 Å². The highest BCUT2D eigenvalue weighted by molar-refractivity contribution is 5.95. The second kappa shape index (κ2) is 11.9. The van der Waals surface area contributed by atoms with Crippen LogP contribution in [0, 0.1) is 6.92 Å². The highest BCUT2D eigenvalue weighted by Crippen LogP contribution is 2.30. The van der Waals surface area contributed by atoms with Crippen molar-refractivity contribution in [2.24, 2.45) is 0 Å². The SMILES string of the molecule is COc1cc(C(=O)N(CCCc2ccccc2)Cc2cccc(CC(=O)O)c2)cc(OC)c1C. The number of benzene rings is 3. The minimum atomic E-state index is -0.883. The van der Waals surface area contributed by atoms with Crippen molar-refractivity contribution >= 4 is 11.9 Å². The summed E-state index contributed by atoms with van der Waals surface area (Å²) in [6, 6.07) is 21.0. The summed E-state index contributed by atoms with van der Waals surface area (Å²) in [6.45, 7) is 2.81. The summed E-state index contributed by atoms with van der Waals surface area (Å²) in [6.07, 6.45) is 1.59. The third-order valence-corrected chi connectivity index (χ3v) is 5.74. The van der Waals surface area contributed by atoms with Crippen LogP contribution in [0.25, 0.3) is 0 Å². The van der Waals surface area contributed by atoms with E-state index in [0.29, 0.717) is 35.7 Å². The number of carbonyl (C=O) groups is 2. The number of hydrogen-bond donors (Lipinski definition) is 1. The van der Waals surface area contributed by atoms with E-state index in [0.717, 1.165) is 24.0 Å². The maximum Gasteiger partial charge on any atom is 0.307 e. The highest BCUT2D eigenvalue weighted by Gasteiger charge is 2.20. The van der Waals surface area contributed by atoms with Gasteiger partial charge in [-0.2, -0.15) is 0 Å². The lowest BCUT2D eigenvalue weighted by atomic mass is 10.1. The molecule has 0 atom stereocenters. The smallest absolute Gasteiger partial charge is 0.307 e. The molecule has 3 aromatic carbocycles. The van der Waals surface area contributed by atoms with Crippen LogP contribution in [0.5, 0.6) is 11.5 Å². The fraction of sp³-hybridized carbons (Fsp3) is 0.286. The largest absolute Gasteiger partial charge is 0.496 e. The van der Waals surface area contributed by atoms with Gasteiger partial charge in [-0.1, -0.05) is 54.6 Å². The molecule has 6 nitrogen and oxygen atoms in total. The molecular weight excluding hydrogens is 430 g/mol. The molecule has 0 saturated carbocycles. The van der Waals surface area contributed by atoms with Crippen LogP contribution >= 0.6 is 0 Å². The van der Waals surface area contributed by atoms with E-state index in [9.17, 15) is 9.59 Å². The first-order chi connectivity index (χ1) is 16.4. The van der Waals surface area contributed by atoms with Crippen LogP contribution < -0.4 is 9.47 Å². The van der Waals surface area contributed by atoms with Crippen LogP contribution in [0.1, 0.15) is 39.0 Å². The fourth-order valence-corrected chi connectivity index (χ4v) is 4.00. The monoisotopic (exact) mass is 461 g/mol. The molecule has 0 aromatic heterocycles. The molecule has 0 aliphatic heterocycles. The summed E-state index contributed by atoms with van der Waals surface area (Å²) in [4.78, 5) is 26.6. The van der Waals surface area contributed by atoms with Crippen LogP contribution in [0.4, 0.5) is 0 Å². The Labute approximate surface area is 200 Å². The molecule has 34 heavy (non-hydrogen) atoms. The van der Waals surface area contributed by atoms with Gasteiger partial charge < -0.3 is 19.5 Å². The van der Waals surface area contributed by atoms with Crippen molar-refractivity contribution in [3.63, 3.8) is 0 Å². The molecule has 1 amide bonds. The lowest BCUT2D eigenvalue weighted by molar-refractivity contribution is -0.136. The second-order valence-electron chi connectivity index (χ2n) is 8.21. The summed E-state index contributed by atoms with van der Waals surface area (Å²) in [5.74, 6) is 0.172. The van der Waals surface area contributed by atoms with Gasteiger partial charge in [-0.3, -0.25) is 9.59 Å². The third kappa shape index (κ3) is 6.61. The van der Waals surface area contributed by atoms with Crippen molar-refractivity contribution in [1.82, 2.24) is 4.90 Å². The number of ether oxygens (including phenoxy) is 2. The van der Waals surface area contributed by atoms with E-state index in [1.807, 2.05) is 43.3 Å². The number of carboxylic acids is 1. The van der Waals surface area contributed by atoms with Gasteiger partial charge in [-0.25, -0.2) is 0 Å². The average Bonchev–Trinajstić information content (AvgIpc) is 2.83. The first kappa shape index (κ1) is 24.8. The van der Waals surface area contributed by atoms with Gasteiger partial charge in [0.25, 0.3) is 5.91 Å². The Balaban J connectivity index is 1.86. The van der Waals surface area contributed by atoms with E-state index in [1.54, 1.807) is 37.3 Å². The maximum atomic E-state index is 13.6. The van der Waals surface area contributed by atoms with E-state index < -0.39 is 5.97 Å². The van der Waals surface area contributed by atoms with Gasteiger partial charge in [0.05, 0.1) is 20.6 Å². The molecule has 0 radical (unpaired) electrons. The highest BCUT2D eigenvalue weighted by atomic mass is 16.5. The molecule has 1 N–H and O–H groups in total. The summed E-state index contributed by atoms with van der Waals surface area (Å²) < 4.78 is 10.9. The Hall–Kier alpha value is -3.80. The molecule has 0 aliphatic rings. The average molecular weight is 462 g/mol. The molecule has 0 aliphatic carbocycles. The number of nitrogens with zero attached hydrogens (tertiary/aromatic N) is 1. The van der Waals surface area contributed by atoms with Crippen LogP contribution in [0.15, 0.2) is 66.7 Å². The second-order valence-corrected chi connectivity index (χ2v) is 8.21. The van der Waals surface area contributed by atoms with Gasteiger partial charge >= 0.3 is 5.97 Å². The molecule has 3 aromatic rings. The third-order valence-electron chi connectivity index (χ3n) is 5.74. The van der Waals surface area contributed by atoms with Crippen molar-refractivity contribution in [2.75, 3.05) is 20.8 Å². The van der Waals surface area contributed by atoms with Crippen LogP contribution in [-0.2, 0) is 24.2 Å². The number of hydrogen-bond acceptors (Lipinski definition) is 4. The normalized spacial score (nSPS) is 10.6. The van der Waals surface area contributed by atoms with Gasteiger partial charge in [0, 0.05) is 24.2 Å². The van der Waals surface area contributed by atoms with E-state index in [4.69, 9.17) is 14.6 Å². The zero-order valence-corrected chi connectivity index (χ0v) is 19.9. The van der Waals surface area contributed by atoms with Gasteiger partial charge in [0.15, 0.2) is 0 Å². The van der Waals surface area contributed by atoms with Gasteiger partial charge in [-0.15, -0.1) is 0 Å². The Morgan fingerprint density at radius 1 is 0.853 bits per heavy atom. The Kier molecular flexibility index (Phi) is 8.68. The fourth-order valence-electron chi connectivity index (χ4n) is 4.00. The molecule has 178 valence electrons. The predicted molar refractivity (Wildman–Crippen MR) is 132 cm³/mol. The van der Waals surface area contributed by atoms with Gasteiger partial charge in [-0.05, 0) is 48.6 Å². The zero-order chi connectivity index (χ0) is 24.5. The van der Waals surface area contributed by atoms with E-state index >= 15 is 0 Å². The molecule has 0 unspecified atom stereocenters. The van der Waals surface area contributed by atoms with Crippen molar-refractivity contribution in [2.45, 2.75) is 32.7 Å². The Bertz CT molecular complexity index is 1100. The van der Waals surface area contributed by atoms with Crippen LogP contribution in [0.2, 0.25) is 0 Å². The molecule has 0 spiro atoms. The van der Waals surface area contributed by atoms with Crippen molar-refractivity contribution in [3.05, 3.63) is 94.5 Å². The molecule has 0 fully saturated rings. The first-order valence-corrected chi connectivity index (χ1v) is 11.3. The van der Waals surface area contributed by atoms with Gasteiger partial charge in [0.1, 0.15) is 11.5 Å². The molecule has 3 rings (SSSR count). The van der Waals surface area contributed by atoms with Crippen molar-refractivity contribution in [1.29, 1.82) is 0 Å². The summed E-state index contributed by atoms with van der Waals surface area (Å²) in [5, 5.41) is 9.13. The van der Waals surface area contributed by atoms with E-state index in [-0.39, 0.29) is 12.3 Å². The van der Waals surface area contributed by atoms with E-state index in [1.165, 1.54) is 5.56 Å². The van der Waals surface area contributed by atoms with Crippen molar-refractivity contribution < 1.29 is 24.2 Å². The summed E-state index contributed by atoms with van der Waals surface area (Å²) in [5.41, 5.74) is 4.13. The standard InChI is InChI=1S/C28H31NO5/c1-20-25(33-2)17-24(18-26(20)34-3)28(32)29(14-8-13-21-9-5-4-6-10-21)19-23-12-7-11-22(15-23)16-27(30)31/h4-7,9-12,15,17-18H,8,13-14,16,19H2,1-3H3,(H,30,31). The summed E-state index contributed by atoms with van der Waals surface area (Å²) in [7, 11) is 3.14. The Morgan fingerprint density at radius 2 is 1.47 bits per heavy atom. The number of rotatable bonds is 11. The molecule has 6 heteroatoms. The number of aliphatic carboxylic acids is 1.